The summed E-state index contributed by atoms with van der Waals surface area (Å²) in [4.78, 5) is 0. The Morgan fingerprint density at radius 1 is 1.29 bits per heavy atom. The van der Waals surface area contributed by atoms with Gasteiger partial charge in [-0.25, -0.2) is 0 Å². The highest BCUT2D eigenvalue weighted by Crippen LogP contribution is 2.23. The van der Waals surface area contributed by atoms with E-state index in [0.29, 0.717) is 12.2 Å². The molecule has 2 nitrogen and oxygen atoms in total. The van der Waals surface area contributed by atoms with Gasteiger partial charge in [-0.05, 0) is 25.7 Å². The minimum Gasteiger partial charge on any atom is -0.381 e. The quantitative estimate of drug-likeness (QED) is 0.520. The number of halogens is 1. The topological polar surface area (TPSA) is 18.5 Å². The molecule has 0 aromatic rings. The third-order valence-electron chi connectivity index (χ3n) is 2.59. The molecule has 0 spiro atoms. The van der Waals surface area contributed by atoms with Crippen LogP contribution in [0.3, 0.4) is 0 Å². The monoisotopic (exact) mass is 264 g/mol. The zero-order chi connectivity index (χ0) is 10.2. The molecule has 1 aliphatic rings. The Morgan fingerprint density at radius 2 is 2.07 bits per heavy atom. The fraction of sp³-hybridized carbons (Fsp3) is 1.00. The minimum absolute atomic E-state index is 0.440. The van der Waals surface area contributed by atoms with Crippen molar-refractivity contribution in [1.82, 2.24) is 0 Å². The van der Waals surface area contributed by atoms with Gasteiger partial charge >= 0.3 is 0 Å². The molecule has 2 atom stereocenters. The second-order valence-corrected chi connectivity index (χ2v) is 4.51. The predicted molar refractivity (Wildman–Crippen MR) is 62.0 cm³/mol. The molecule has 14 heavy (non-hydrogen) atoms. The molecule has 1 saturated heterocycles. The van der Waals surface area contributed by atoms with Gasteiger partial charge in [-0.15, -0.1) is 0 Å². The number of hydrogen-bond donors (Lipinski definition) is 0. The summed E-state index contributed by atoms with van der Waals surface area (Å²) in [7, 11) is 0. The summed E-state index contributed by atoms with van der Waals surface area (Å²) in [5.74, 6) is 0. The lowest BCUT2D eigenvalue weighted by atomic mass is 10.2. The Labute approximate surface area is 95.5 Å². The maximum absolute atomic E-state index is 5.79. The Morgan fingerprint density at radius 3 is 2.71 bits per heavy atom. The van der Waals surface area contributed by atoms with E-state index in [1.807, 2.05) is 0 Å². The van der Waals surface area contributed by atoms with Crippen LogP contribution in [0, 0.1) is 0 Å². The van der Waals surface area contributed by atoms with E-state index in [1.165, 1.54) is 25.7 Å². The van der Waals surface area contributed by atoms with Gasteiger partial charge in [0.15, 0.2) is 0 Å². The highest BCUT2D eigenvalue weighted by molar-refractivity contribution is 9.09. The van der Waals surface area contributed by atoms with Gasteiger partial charge in [-0.2, -0.15) is 0 Å². The van der Waals surface area contributed by atoms with E-state index < -0.39 is 0 Å². The number of alkyl halides is 1. The van der Waals surface area contributed by atoms with Crippen LogP contribution in [0.25, 0.3) is 0 Å². The first-order valence-electron chi connectivity index (χ1n) is 5.66. The molecule has 0 bridgehead atoms. The Hall–Kier alpha value is 0.400. The molecular weight excluding hydrogens is 244 g/mol. The SMILES string of the molecule is CCCCOCC[C@H]1CC[C@H](CBr)O1. The van der Waals surface area contributed by atoms with E-state index in [1.54, 1.807) is 0 Å². The Bertz CT molecular complexity index is 141. The third-order valence-corrected chi connectivity index (χ3v) is 3.32. The standard InChI is InChI=1S/C11H21BrO2/c1-2-3-7-13-8-6-10-4-5-11(9-12)14-10/h10-11H,2-9H2,1H3/t10-,11-/m1/s1. The maximum atomic E-state index is 5.79. The molecule has 1 heterocycles. The second-order valence-electron chi connectivity index (χ2n) is 3.87. The zero-order valence-electron chi connectivity index (χ0n) is 9.01. The smallest absolute Gasteiger partial charge is 0.0676 e. The van der Waals surface area contributed by atoms with Crippen LogP contribution in [-0.2, 0) is 9.47 Å². The van der Waals surface area contributed by atoms with Gasteiger partial charge in [0.1, 0.15) is 0 Å². The fourth-order valence-corrected chi connectivity index (χ4v) is 2.15. The average Bonchev–Trinajstić information content (AvgIpc) is 2.65. The van der Waals surface area contributed by atoms with E-state index in [0.717, 1.165) is 25.0 Å². The molecule has 1 aliphatic heterocycles. The fourth-order valence-electron chi connectivity index (χ4n) is 1.67. The summed E-state index contributed by atoms with van der Waals surface area (Å²) >= 11 is 3.45. The molecule has 0 aromatic heterocycles. The van der Waals surface area contributed by atoms with E-state index >= 15 is 0 Å². The molecule has 3 heteroatoms. The number of ether oxygens (including phenoxy) is 2. The van der Waals surface area contributed by atoms with Crippen LogP contribution in [0.15, 0.2) is 0 Å². The first-order valence-corrected chi connectivity index (χ1v) is 6.78. The van der Waals surface area contributed by atoms with Crippen molar-refractivity contribution in [1.29, 1.82) is 0 Å². The normalized spacial score (nSPS) is 27.0. The highest BCUT2D eigenvalue weighted by atomic mass is 79.9. The van der Waals surface area contributed by atoms with Crippen molar-refractivity contribution in [3.8, 4) is 0 Å². The van der Waals surface area contributed by atoms with Gasteiger partial charge in [-0.3, -0.25) is 0 Å². The van der Waals surface area contributed by atoms with Gasteiger partial charge in [0, 0.05) is 18.5 Å². The van der Waals surface area contributed by atoms with Gasteiger partial charge in [-0.1, -0.05) is 29.3 Å². The summed E-state index contributed by atoms with van der Waals surface area (Å²) in [5, 5.41) is 0.972. The second kappa shape index (κ2) is 7.66. The van der Waals surface area contributed by atoms with Gasteiger partial charge < -0.3 is 9.47 Å². The number of hydrogen-bond acceptors (Lipinski definition) is 2. The summed E-state index contributed by atoms with van der Waals surface area (Å²) in [5.41, 5.74) is 0. The van der Waals surface area contributed by atoms with Crippen LogP contribution >= 0.6 is 15.9 Å². The van der Waals surface area contributed by atoms with E-state index in [2.05, 4.69) is 22.9 Å². The van der Waals surface area contributed by atoms with Gasteiger partial charge in [0.25, 0.3) is 0 Å². The zero-order valence-corrected chi connectivity index (χ0v) is 10.6. The summed E-state index contributed by atoms with van der Waals surface area (Å²) in [6.45, 7) is 3.95. The lowest BCUT2D eigenvalue weighted by molar-refractivity contribution is 0.0283. The van der Waals surface area contributed by atoms with E-state index in [9.17, 15) is 0 Å². The molecule has 0 aromatic carbocycles. The molecule has 0 aliphatic carbocycles. The van der Waals surface area contributed by atoms with Crippen LogP contribution < -0.4 is 0 Å². The van der Waals surface area contributed by atoms with Crippen LogP contribution in [0.5, 0.6) is 0 Å². The molecule has 0 saturated carbocycles. The Balaban J connectivity index is 1.92. The lowest BCUT2D eigenvalue weighted by Crippen LogP contribution is -2.14. The van der Waals surface area contributed by atoms with Crippen molar-refractivity contribution in [2.45, 2.75) is 51.2 Å². The van der Waals surface area contributed by atoms with Crippen LogP contribution in [0.4, 0.5) is 0 Å². The molecular formula is C11H21BrO2. The molecule has 0 radical (unpaired) electrons. The van der Waals surface area contributed by atoms with Crippen molar-refractivity contribution in [3.63, 3.8) is 0 Å². The predicted octanol–water partition coefficient (Wildman–Crippen LogP) is 3.14. The lowest BCUT2D eigenvalue weighted by Gasteiger charge is -2.11. The maximum Gasteiger partial charge on any atom is 0.0676 e. The summed E-state index contributed by atoms with van der Waals surface area (Å²) < 4.78 is 11.3. The number of rotatable bonds is 7. The van der Waals surface area contributed by atoms with Gasteiger partial charge in [0.05, 0.1) is 12.2 Å². The van der Waals surface area contributed by atoms with E-state index in [4.69, 9.17) is 9.47 Å². The summed E-state index contributed by atoms with van der Waals surface area (Å²) in [6, 6.07) is 0. The first kappa shape index (κ1) is 12.5. The van der Waals surface area contributed by atoms with Crippen LogP contribution in [0.1, 0.15) is 39.0 Å². The minimum atomic E-state index is 0.440. The average molecular weight is 265 g/mol. The van der Waals surface area contributed by atoms with Gasteiger partial charge in [0.2, 0.25) is 0 Å². The van der Waals surface area contributed by atoms with Crippen LogP contribution in [-0.4, -0.2) is 30.8 Å². The van der Waals surface area contributed by atoms with Crippen LogP contribution in [0.2, 0.25) is 0 Å². The largest absolute Gasteiger partial charge is 0.381 e. The van der Waals surface area contributed by atoms with Crippen molar-refractivity contribution in [3.05, 3.63) is 0 Å². The van der Waals surface area contributed by atoms with E-state index in [-0.39, 0.29) is 0 Å². The van der Waals surface area contributed by atoms with Crippen molar-refractivity contribution < 1.29 is 9.47 Å². The molecule has 1 fully saturated rings. The molecule has 0 unspecified atom stereocenters. The molecule has 0 N–H and O–H groups in total. The summed E-state index contributed by atoms with van der Waals surface area (Å²) in [6.07, 6.45) is 6.74. The Kier molecular flexibility index (Phi) is 6.82. The van der Waals surface area contributed by atoms with Crippen molar-refractivity contribution in [2.75, 3.05) is 18.5 Å². The number of unbranched alkanes of at least 4 members (excludes halogenated alkanes) is 1. The van der Waals surface area contributed by atoms with Crippen molar-refractivity contribution in [2.24, 2.45) is 0 Å². The third kappa shape index (κ3) is 4.76. The highest BCUT2D eigenvalue weighted by Gasteiger charge is 2.23. The van der Waals surface area contributed by atoms with Crippen molar-refractivity contribution >= 4 is 15.9 Å². The molecule has 84 valence electrons. The molecule has 1 rings (SSSR count). The molecule has 0 amide bonds. The first-order chi connectivity index (χ1) is 6.86.